The Hall–Kier alpha value is -2.82. The van der Waals surface area contributed by atoms with Gasteiger partial charge in [-0.1, -0.05) is 30.3 Å². The SMILES string of the molecule is NS(=O)(=O)c1ccc(-c2oc(Cc3sccc3C3(O)CCOCC3)nc2-c2ccccc2)cc1. The van der Waals surface area contributed by atoms with E-state index in [9.17, 15) is 13.5 Å². The monoisotopic (exact) mass is 496 g/mol. The summed E-state index contributed by atoms with van der Waals surface area (Å²) in [4.78, 5) is 5.84. The minimum atomic E-state index is -3.79. The van der Waals surface area contributed by atoms with Gasteiger partial charge in [-0.15, -0.1) is 11.3 Å². The fourth-order valence-corrected chi connectivity index (χ4v) is 5.71. The van der Waals surface area contributed by atoms with Crippen molar-refractivity contribution in [3.8, 4) is 22.6 Å². The molecule has 4 aromatic rings. The molecule has 0 saturated carbocycles. The van der Waals surface area contributed by atoms with Gasteiger partial charge in [0.2, 0.25) is 15.9 Å². The quantitative estimate of drug-likeness (QED) is 0.411. The zero-order chi connectivity index (χ0) is 23.8. The molecule has 3 N–H and O–H groups in total. The van der Waals surface area contributed by atoms with E-state index in [2.05, 4.69) is 0 Å². The van der Waals surface area contributed by atoms with Crippen LogP contribution in [0.15, 0.2) is 75.4 Å². The molecule has 1 aliphatic heterocycles. The van der Waals surface area contributed by atoms with Crippen molar-refractivity contribution in [3.63, 3.8) is 0 Å². The summed E-state index contributed by atoms with van der Waals surface area (Å²) in [5.74, 6) is 1.06. The minimum Gasteiger partial charge on any atom is -0.440 e. The Labute approximate surface area is 201 Å². The second kappa shape index (κ2) is 9.09. The lowest BCUT2D eigenvalue weighted by Crippen LogP contribution is -2.33. The van der Waals surface area contributed by atoms with Gasteiger partial charge in [0.05, 0.1) is 16.9 Å². The van der Waals surface area contributed by atoms with Crippen LogP contribution < -0.4 is 5.14 Å². The molecule has 1 saturated heterocycles. The molecule has 1 fully saturated rings. The van der Waals surface area contributed by atoms with Crippen molar-refractivity contribution in [2.75, 3.05) is 13.2 Å². The van der Waals surface area contributed by atoms with Crippen LogP contribution in [0, 0.1) is 0 Å². The molecule has 9 heteroatoms. The van der Waals surface area contributed by atoms with Crippen molar-refractivity contribution in [3.05, 3.63) is 82.4 Å². The lowest BCUT2D eigenvalue weighted by Gasteiger charge is -2.32. The zero-order valence-electron chi connectivity index (χ0n) is 18.3. The average molecular weight is 497 g/mol. The summed E-state index contributed by atoms with van der Waals surface area (Å²) >= 11 is 1.57. The number of nitrogens with zero attached hydrogens (tertiary/aromatic N) is 1. The normalized spacial score (nSPS) is 15.9. The summed E-state index contributed by atoms with van der Waals surface area (Å²) < 4.78 is 35.0. The third-order valence-electron chi connectivity index (χ3n) is 6.04. The third-order valence-corrected chi connectivity index (χ3v) is 7.89. The molecule has 1 aliphatic rings. The minimum absolute atomic E-state index is 0.0326. The molecule has 2 aromatic carbocycles. The number of sulfonamides is 1. The number of hydrogen-bond acceptors (Lipinski definition) is 7. The molecule has 0 atom stereocenters. The van der Waals surface area contributed by atoms with Crippen LogP contribution in [0.4, 0.5) is 0 Å². The maximum absolute atomic E-state index is 11.7. The van der Waals surface area contributed by atoms with Crippen molar-refractivity contribution in [1.29, 1.82) is 0 Å². The van der Waals surface area contributed by atoms with Gasteiger partial charge in [0.1, 0.15) is 5.69 Å². The van der Waals surface area contributed by atoms with Crippen molar-refractivity contribution >= 4 is 21.4 Å². The lowest BCUT2D eigenvalue weighted by molar-refractivity contribution is -0.0680. The van der Waals surface area contributed by atoms with Gasteiger partial charge in [0.25, 0.3) is 0 Å². The largest absolute Gasteiger partial charge is 0.440 e. The highest BCUT2D eigenvalue weighted by Gasteiger charge is 2.34. The van der Waals surface area contributed by atoms with Crippen molar-refractivity contribution in [2.45, 2.75) is 29.8 Å². The summed E-state index contributed by atoms with van der Waals surface area (Å²) in [6.45, 7) is 1.06. The fraction of sp³-hybridized carbons (Fsp3) is 0.240. The topological polar surface area (TPSA) is 116 Å². The van der Waals surface area contributed by atoms with E-state index >= 15 is 0 Å². The second-order valence-corrected chi connectivity index (χ2v) is 10.9. The molecule has 7 nitrogen and oxygen atoms in total. The Kier molecular flexibility index (Phi) is 6.13. The van der Waals surface area contributed by atoms with Crippen molar-refractivity contribution in [1.82, 2.24) is 4.98 Å². The summed E-state index contributed by atoms with van der Waals surface area (Å²) in [5, 5.41) is 18.4. The van der Waals surface area contributed by atoms with Crippen LogP contribution in [0.5, 0.6) is 0 Å². The van der Waals surface area contributed by atoms with Crippen LogP contribution in [0.3, 0.4) is 0 Å². The first-order valence-electron chi connectivity index (χ1n) is 10.9. The van der Waals surface area contributed by atoms with Crippen LogP contribution >= 0.6 is 11.3 Å². The molecule has 176 valence electrons. The van der Waals surface area contributed by atoms with Crippen molar-refractivity contribution in [2.24, 2.45) is 5.14 Å². The molecular weight excluding hydrogens is 472 g/mol. The first-order chi connectivity index (χ1) is 16.3. The van der Waals surface area contributed by atoms with E-state index in [1.54, 1.807) is 23.5 Å². The van der Waals surface area contributed by atoms with Gasteiger partial charge in [0.15, 0.2) is 5.76 Å². The van der Waals surface area contributed by atoms with Crippen LogP contribution in [-0.4, -0.2) is 31.7 Å². The molecule has 0 bridgehead atoms. The number of rotatable bonds is 6. The standard InChI is InChI=1S/C25H24N2O5S2/c26-34(29,30)19-8-6-18(7-9-19)24-23(17-4-2-1-3-5-17)27-22(32-24)16-21-20(10-15-33-21)25(28)11-13-31-14-12-25/h1-10,15,28H,11-14,16H2,(H2,26,29,30). The fourth-order valence-electron chi connectivity index (χ4n) is 4.23. The van der Waals surface area contributed by atoms with E-state index in [4.69, 9.17) is 19.3 Å². The van der Waals surface area contributed by atoms with E-state index in [1.807, 2.05) is 41.8 Å². The number of ether oxygens (including phenoxy) is 1. The highest BCUT2D eigenvalue weighted by molar-refractivity contribution is 7.89. The van der Waals surface area contributed by atoms with Gasteiger partial charge in [-0.3, -0.25) is 0 Å². The van der Waals surface area contributed by atoms with Crippen LogP contribution in [-0.2, 0) is 26.8 Å². The predicted octanol–water partition coefficient (Wildman–Crippen LogP) is 4.31. The Bertz CT molecular complexity index is 1390. The number of benzene rings is 2. The first kappa shape index (κ1) is 22.9. The molecule has 0 aliphatic carbocycles. The van der Waals surface area contributed by atoms with Gasteiger partial charge in [0, 0.05) is 42.1 Å². The Balaban J connectivity index is 1.53. The van der Waals surface area contributed by atoms with E-state index in [0.29, 0.717) is 55.4 Å². The van der Waals surface area contributed by atoms with Gasteiger partial charge >= 0.3 is 0 Å². The molecule has 0 radical (unpaired) electrons. The average Bonchev–Trinajstić information content (AvgIpc) is 3.48. The number of primary sulfonamides is 1. The van der Waals surface area contributed by atoms with Gasteiger partial charge < -0.3 is 14.3 Å². The van der Waals surface area contributed by atoms with Gasteiger partial charge in [-0.2, -0.15) is 0 Å². The molecule has 2 aromatic heterocycles. The summed E-state index contributed by atoms with van der Waals surface area (Å²) in [6, 6.07) is 17.9. The Morgan fingerprint density at radius 3 is 2.38 bits per heavy atom. The maximum Gasteiger partial charge on any atom is 0.238 e. The predicted molar refractivity (Wildman–Crippen MR) is 130 cm³/mol. The first-order valence-corrected chi connectivity index (χ1v) is 13.3. The van der Waals surface area contributed by atoms with Gasteiger partial charge in [-0.05, 0) is 41.3 Å². The number of aliphatic hydroxyl groups is 1. The van der Waals surface area contributed by atoms with Crippen molar-refractivity contribution < 1.29 is 22.7 Å². The van der Waals surface area contributed by atoms with Gasteiger partial charge in [-0.25, -0.2) is 18.5 Å². The van der Waals surface area contributed by atoms with E-state index < -0.39 is 15.6 Å². The van der Waals surface area contributed by atoms with Crippen LogP contribution in [0.2, 0.25) is 0 Å². The number of nitrogens with two attached hydrogens (primary N) is 1. The molecule has 3 heterocycles. The number of hydrogen-bond donors (Lipinski definition) is 2. The zero-order valence-corrected chi connectivity index (χ0v) is 19.9. The molecular formula is C25H24N2O5S2. The summed E-state index contributed by atoms with van der Waals surface area (Å²) in [5.41, 5.74) is 2.24. The highest BCUT2D eigenvalue weighted by atomic mass is 32.2. The third kappa shape index (κ3) is 4.57. The maximum atomic E-state index is 11.7. The number of aromatic nitrogens is 1. The number of oxazole rings is 1. The Morgan fingerprint density at radius 1 is 1.00 bits per heavy atom. The highest BCUT2D eigenvalue weighted by Crippen LogP contribution is 2.39. The Morgan fingerprint density at radius 2 is 1.71 bits per heavy atom. The number of thiophene rings is 1. The lowest BCUT2D eigenvalue weighted by atomic mass is 9.86. The summed E-state index contributed by atoms with van der Waals surface area (Å²) in [6.07, 6.45) is 1.55. The molecule has 0 amide bonds. The van der Waals surface area contributed by atoms with Crippen LogP contribution in [0.1, 0.15) is 29.2 Å². The smallest absolute Gasteiger partial charge is 0.238 e. The van der Waals surface area contributed by atoms with E-state index in [-0.39, 0.29) is 4.90 Å². The summed E-state index contributed by atoms with van der Waals surface area (Å²) in [7, 11) is -3.79. The van der Waals surface area contributed by atoms with E-state index in [0.717, 1.165) is 16.0 Å². The molecule has 0 spiro atoms. The molecule has 0 unspecified atom stereocenters. The van der Waals surface area contributed by atoms with Crippen LogP contribution in [0.25, 0.3) is 22.6 Å². The molecule has 34 heavy (non-hydrogen) atoms. The second-order valence-electron chi connectivity index (χ2n) is 8.30. The molecule has 5 rings (SSSR count). The van der Waals surface area contributed by atoms with E-state index in [1.165, 1.54) is 12.1 Å².